The topological polar surface area (TPSA) is 125 Å². The minimum absolute atomic E-state index is 0.0193. The van der Waals surface area contributed by atoms with Gasteiger partial charge in [0.1, 0.15) is 0 Å². The molecule has 9 nitrogen and oxygen atoms in total. The average molecular weight is 352 g/mol. The van der Waals surface area contributed by atoms with Gasteiger partial charge in [-0.15, -0.1) is 0 Å². The Bertz CT molecular complexity index is 654. The van der Waals surface area contributed by atoms with Crippen LogP contribution in [0.4, 0.5) is 5.69 Å². The van der Waals surface area contributed by atoms with Crippen molar-refractivity contribution in [3.05, 3.63) is 39.9 Å². The molecule has 0 aromatic heterocycles. The number of carbonyl (C=O) groups is 3. The van der Waals surface area contributed by atoms with Gasteiger partial charge in [-0.1, -0.05) is 12.1 Å². The Morgan fingerprint density at radius 3 is 2.16 bits per heavy atom. The minimum Gasteiger partial charge on any atom is -0.464 e. The van der Waals surface area contributed by atoms with Gasteiger partial charge in [-0.3, -0.25) is 14.9 Å². The first-order valence-corrected chi connectivity index (χ1v) is 7.63. The molecule has 25 heavy (non-hydrogen) atoms. The van der Waals surface area contributed by atoms with Crippen LogP contribution in [0.25, 0.3) is 0 Å². The maximum atomic E-state index is 12.5. The maximum Gasteiger partial charge on any atom is 0.344 e. The molecule has 0 radical (unpaired) electrons. The van der Waals surface area contributed by atoms with Gasteiger partial charge >= 0.3 is 11.9 Å². The zero-order valence-corrected chi connectivity index (χ0v) is 14.2. The van der Waals surface area contributed by atoms with Gasteiger partial charge in [0, 0.05) is 25.5 Å². The van der Waals surface area contributed by atoms with Crippen molar-refractivity contribution in [1.82, 2.24) is 5.32 Å². The number of ether oxygens (including phenoxy) is 2. The van der Waals surface area contributed by atoms with Gasteiger partial charge in [0.05, 0.1) is 18.1 Å². The third-order valence-corrected chi connectivity index (χ3v) is 3.23. The highest BCUT2D eigenvalue weighted by Gasteiger charge is 2.50. The molecule has 0 bridgehead atoms. The lowest BCUT2D eigenvalue weighted by molar-refractivity contribution is -0.384. The highest BCUT2D eigenvalue weighted by Crippen LogP contribution is 2.22. The van der Waals surface area contributed by atoms with Gasteiger partial charge in [-0.2, -0.15) is 0 Å². The summed E-state index contributed by atoms with van der Waals surface area (Å²) in [5.41, 5.74) is -2.03. The summed E-state index contributed by atoms with van der Waals surface area (Å²) in [6.07, 6.45) is -0.341. The molecular formula is C16H20N2O7. The van der Waals surface area contributed by atoms with E-state index in [1.54, 1.807) is 13.8 Å². The molecule has 1 amide bonds. The molecule has 0 aliphatic rings. The molecule has 0 fully saturated rings. The number of hydrogen-bond acceptors (Lipinski definition) is 7. The molecule has 0 saturated carbocycles. The van der Waals surface area contributed by atoms with Crippen LogP contribution in [-0.4, -0.2) is 41.5 Å². The molecule has 9 heteroatoms. The number of nitro groups is 1. The molecule has 1 N–H and O–H groups in total. The van der Waals surface area contributed by atoms with Crippen molar-refractivity contribution in [2.24, 2.45) is 0 Å². The first-order chi connectivity index (χ1) is 11.8. The fraction of sp³-hybridized carbons (Fsp3) is 0.438. The summed E-state index contributed by atoms with van der Waals surface area (Å²) in [5.74, 6) is -2.63. The van der Waals surface area contributed by atoms with Crippen molar-refractivity contribution in [2.75, 3.05) is 13.2 Å². The van der Waals surface area contributed by atoms with Crippen LogP contribution in [0.2, 0.25) is 0 Å². The highest BCUT2D eigenvalue weighted by atomic mass is 16.6. The van der Waals surface area contributed by atoms with Gasteiger partial charge in [-0.05, 0) is 19.4 Å². The van der Waals surface area contributed by atoms with Crippen LogP contribution >= 0.6 is 0 Å². The third-order valence-electron chi connectivity index (χ3n) is 3.23. The second kappa shape index (κ2) is 8.76. The van der Waals surface area contributed by atoms with E-state index in [0.717, 1.165) is 6.92 Å². The summed E-state index contributed by atoms with van der Waals surface area (Å²) in [5, 5.41) is 13.2. The third kappa shape index (κ3) is 5.00. The smallest absolute Gasteiger partial charge is 0.344 e. The lowest BCUT2D eigenvalue weighted by Gasteiger charge is -2.29. The standard InChI is InChI=1S/C16H20N2O7/c1-4-24-14(20)16(17-11(3)19,15(21)25-5-2)10-12-7-6-8-13(9-12)18(22)23/h6-9H,4-5,10H2,1-3H3,(H,17,19). The molecule has 0 unspecified atom stereocenters. The zero-order chi connectivity index (χ0) is 19.0. The van der Waals surface area contributed by atoms with Crippen molar-refractivity contribution in [3.63, 3.8) is 0 Å². The van der Waals surface area contributed by atoms with E-state index in [1.165, 1.54) is 24.3 Å². The van der Waals surface area contributed by atoms with Gasteiger partial charge in [0.25, 0.3) is 5.69 Å². The van der Waals surface area contributed by atoms with Crippen molar-refractivity contribution < 1.29 is 28.8 Å². The van der Waals surface area contributed by atoms with E-state index in [1.807, 2.05) is 0 Å². The van der Waals surface area contributed by atoms with Gasteiger partial charge in [-0.25, -0.2) is 9.59 Å². The summed E-state index contributed by atoms with van der Waals surface area (Å²) in [4.78, 5) is 46.9. The van der Waals surface area contributed by atoms with Crippen molar-refractivity contribution in [3.8, 4) is 0 Å². The average Bonchev–Trinajstić information content (AvgIpc) is 2.54. The Hall–Kier alpha value is -2.97. The van der Waals surface area contributed by atoms with Gasteiger partial charge in [0.15, 0.2) is 0 Å². The van der Waals surface area contributed by atoms with Gasteiger partial charge in [0.2, 0.25) is 11.4 Å². The van der Waals surface area contributed by atoms with Crippen molar-refractivity contribution in [2.45, 2.75) is 32.7 Å². The number of nitrogens with zero attached hydrogens (tertiary/aromatic N) is 1. The lowest BCUT2D eigenvalue weighted by atomic mass is 9.90. The fourth-order valence-electron chi connectivity index (χ4n) is 2.27. The van der Waals surface area contributed by atoms with E-state index in [-0.39, 0.29) is 25.3 Å². The first kappa shape index (κ1) is 20.1. The second-order valence-electron chi connectivity index (χ2n) is 5.13. The minimum atomic E-state index is -2.12. The Morgan fingerprint density at radius 1 is 1.16 bits per heavy atom. The van der Waals surface area contributed by atoms with Crippen molar-refractivity contribution >= 4 is 23.5 Å². The SMILES string of the molecule is CCOC(=O)C(Cc1cccc([N+](=O)[O-])c1)(NC(C)=O)C(=O)OCC. The molecule has 0 spiro atoms. The predicted molar refractivity (Wildman–Crippen MR) is 86.6 cm³/mol. The van der Waals surface area contributed by atoms with Crippen LogP contribution < -0.4 is 5.32 Å². The number of rotatable bonds is 8. The van der Waals surface area contributed by atoms with E-state index in [9.17, 15) is 24.5 Å². The highest BCUT2D eigenvalue weighted by molar-refractivity contribution is 6.08. The van der Waals surface area contributed by atoms with E-state index >= 15 is 0 Å². The molecule has 0 aliphatic carbocycles. The van der Waals surface area contributed by atoms with E-state index in [4.69, 9.17) is 9.47 Å². The van der Waals surface area contributed by atoms with E-state index < -0.39 is 28.3 Å². The Labute approximate surface area is 144 Å². The van der Waals surface area contributed by atoms with Crippen LogP contribution in [0, 0.1) is 10.1 Å². The Balaban J connectivity index is 3.38. The molecule has 1 aromatic rings. The number of esters is 2. The summed E-state index contributed by atoms with van der Waals surface area (Å²) in [7, 11) is 0. The monoisotopic (exact) mass is 352 g/mol. The predicted octanol–water partition coefficient (Wildman–Crippen LogP) is 1.14. The van der Waals surface area contributed by atoms with Crippen LogP contribution in [0.3, 0.4) is 0 Å². The molecule has 1 aromatic carbocycles. The quantitative estimate of drug-likeness (QED) is 0.322. The zero-order valence-electron chi connectivity index (χ0n) is 14.2. The lowest BCUT2D eigenvalue weighted by Crippen LogP contribution is -2.62. The largest absolute Gasteiger partial charge is 0.464 e. The van der Waals surface area contributed by atoms with E-state index in [2.05, 4.69) is 5.32 Å². The molecule has 136 valence electrons. The molecule has 0 saturated heterocycles. The molecule has 0 heterocycles. The summed E-state index contributed by atoms with van der Waals surface area (Å²) in [6.45, 7) is 4.20. The van der Waals surface area contributed by atoms with Crippen molar-refractivity contribution in [1.29, 1.82) is 0 Å². The summed E-state index contributed by atoms with van der Waals surface area (Å²) < 4.78 is 9.87. The molecule has 0 aliphatic heterocycles. The van der Waals surface area contributed by atoms with Crippen LogP contribution in [-0.2, 0) is 30.3 Å². The van der Waals surface area contributed by atoms with E-state index in [0.29, 0.717) is 5.56 Å². The molecule has 1 rings (SSSR count). The number of benzene rings is 1. The number of carbonyl (C=O) groups excluding carboxylic acids is 3. The van der Waals surface area contributed by atoms with Gasteiger partial charge < -0.3 is 14.8 Å². The van der Waals surface area contributed by atoms with Crippen LogP contribution in [0.5, 0.6) is 0 Å². The van der Waals surface area contributed by atoms with Crippen LogP contribution in [0.1, 0.15) is 26.3 Å². The second-order valence-corrected chi connectivity index (χ2v) is 5.13. The number of nitrogens with one attached hydrogen (secondary N) is 1. The molecular weight excluding hydrogens is 332 g/mol. The first-order valence-electron chi connectivity index (χ1n) is 7.63. The Kier molecular flexibility index (Phi) is 7.04. The maximum absolute atomic E-state index is 12.5. The number of non-ortho nitro benzene ring substituents is 1. The number of nitro benzene ring substituents is 1. The Morgan fingerprint density at radius 2 is 1.72 bits per heavy atom. The summed E-state index contributed by atoms with van der Waals surface area (Å²) in [6, 6.07) is 5.41. The number of amides is 1. The summed E-state index contributed by atoms with van der Waals surface area (Å²) >= 11 is 0. The fourth-order valence-corrected chi connectivity index (χ4v) is 2.27. The molecule has 0 atom stereocenters. The van der Waals surface area contributed by atoms with Crippen LogP contribution in [0.15, 0.2) is 24.3 Å². The normalized spacial score (nSPS) is 10.7. The number of hydrogen-bond donors (Lipinski definition) is 1.